The SMILES string of the molecule is C=CC(=O)OC1C2CCC1C1CCCC1C2. The van der Waals surface area contributed by atoms with Gasteiger partial charge >= 0.3 is 5.97 Å². The van der Waals surface area contributed by atoms with Crippen LogP contribution in [0.3, 0.4) is 0 Å². The Morgan fingerprint density at radius 1 is 1.12 bits per heavy atom. The molecular formula is C14H20O2. The van der Waals surface area contributed by atoms with Crippen molar-refractivity contribution in [2.24, 2.45) is 23.7 Å². The number of hydrogen-bond donors (Lipinski definition) is 0. The van der Waals surface area contributed by atoms with Crippen LogP contribution >= 0.6 is 0 Å². The second kappa shape index (κ2) is 3.90. The minimum Gasteiger partial charge on any atom is -0.459 e. The van der Waals surface area contributed by atoms with Crippen molar-refractivity contribution in [1.29, 1.82) is 0 Å². The number of hydrogen-bond acceptors (Lipinski definition) is 2. The van der Waals surface area contributed by atoms with Crippen molar-refractivity contribution in [2.75, 3.05) is 0 Å². The molecule has 0 aromatic rings. The maximum atomic E-state index is 11.4. The highest BCUT2D eigenvalue weighted by molar-refractivity contribution is 5.81. The van der Waals surface area contributed by atoms with Crippen molar-refractivity contribution in [2.45, 2.75) is 44.6 Å². The summed E-state index contributed by atoms with van der Waals surface area (Å²) in [5.41, 5.74) is 0. The summed E-state index contributed by atoms with van der Waals surface area (Å²) in [6.07, 6.45) is 9.54. The van der Waals surface area contributed by atoms with E-state index in [2.05, 4.69) is 6.58 Å². The van der Waals surface area contributed by atoms with Crippen LogP contribution in [0.15, 0.2) is 12.7 Å². The Morgan fingerprint density at radius 3 is 2.81 bits per heavy atom. The Bertz CT molecular complexity index is 310. The summed E-state index contributed by atoms with van der Waals surface area (Å²) in [5, 5.41) is 0. The Balaban J connectivity index is 1.76. The van der Waals surface area contributed by atoms with Crippen LogP contribution in [0.2, 0.25) is 0 Å². The normalized spacial score (nSPS) is 45.1. The number of esters is 1. The smallest absolute Gasteiger partial charge is 0.330 e. The van der Waals surface area contributed by atoms with Gasteiger partial charge < -0.3 is 4.74 Å². The number of carbonyl (C=O) groups is 1. The van der Waals surface area contributed by atoms with Gasteiger partial charge in [0, 0.05) is 6.08 Å². The van der Waals surface area contributed by atoms with Crippen molar-refractivity contribution in [1.82, 2.24) is 0 Å². The number of ether oxygens (including phenoxy) is 1. The molecular weight excluding hydrogens is 200 g/mol. The summed E-state index contributed by atoms with van der Waals surface area (Å²) >= 11 is 0. The molecule has 0 aliphatic heterocycles. The summed E-state index contributed by atoms with van der Waals surface area (Å²) in [6, 6.07) is 0. The van der Waals surface area contributed by atoms with E-state index >= 15 is 0 Å². The quantitative estimate of drug-likeness (QED) is 0.528. The Hall–Kier alpha value is -0.790. The molecule has 0 radical (unpaired) electrons. The van der Waals surface area contributed by atoms with Crippen LogP contribution in [0.1, 0.15) is 38.5 Å². The molecule has 2 nitrogen and oxygen atoms in total. The van der Waals surface area contributed by atoms with Crippen LogP contribution < -0.4 is 0 Å². The largest absolute Gasteiger partial charge is 0.459 e. The van der Waals surface area contributed by atoms with Crippen LogP contribution in [-0.4, -0.2) is 12.1 Å². The number of rotatable bonds is 2. The van der Waals surface area contributed by atoms with Crippen LogP contribution in [0.5, 0.6) is 0 Å². The summed E-state index contributed by atoms with van der Waals surface area (Å²) in [6.45, 7) is 3.49. The van der Waals surface area contributed by atoms with Gasteiger partial charge in [0.2, 0.25) is 0 Å². The average molecular weight is 220 g/mol. The molecule has 0 heterocycles. The molecule has 0 aromatic heterocycles. The standard InChI is InChI=1S/C14H20O2/c1-2-13(15)16-14-10-6-7-12(14)11-5-3-4-9(11)8-10/h2,9-12,14H,1,3-8H2. The molecule has 0 aromatic carbocycles. The fraction of sp³-hybridized carbons (Fsp3) is 0.786. The van der Waals surface area contributed by atoms with Crippen LogP contribution in [0, 0.1) is 23.7 Å². The second-order valence-electron chi connectivity index (χ2n) is 5.70. The number of carbonyl (C=O) groups excluding carboxylic acids is 1. The molecule has 5 unspecified atom stereocenters. The third-order valence-electron chi connectivity index (χ3n) is 5.05. The van der Waals surface area contributed by atoms with E-state index in [0.29, 0.717) is 11.8 Å². The van der Waals surface area contributed by atoms with E-state index in [4.69, 9.17) is 4.74 Å². The summed E-state index contributed by atoms with van der Waals surface area (Å²) in [4.78, 5) is 11.4. The fourth-order valence-corrected chi connectivity index (χ4v) is 4.47. The predicted molar refractivity (Wildman–Crippen MR) is 61.7 cm³/mol. The highest BCUT2D eigenvalue weighted by Crippen LogP contribution is 2.55. The maximum Gasteiger partial charge on any atom is 0.330 e. The van der Waals surface area contributed by atoms with Gasteiger partial charge in [0.1, 0.15) is 6.10 Å². The van der Waals surface area contributed by atoms with E-state index in [1.807, 2.05) is 0 Å². The number of fused-ring (bicyclic) bond motifs is 4. The molecule has 2 bridgehead atoms. The van der Waals surface area contributed by atoms with E-state index in [9.17, 15) is 4.79 Å². The third kappa shape index (κ3) is 1.50. The molecule has 3 rings (SSSR count). The van der Waals surface area contributed by atoms with Gasteiger partial charge in [-0.05, 0) is 49.4 Å². The third-order valence-corrected chi connectivity index (χ3v) is 5.05. The van der Waals surface area contributed by atoms with Gasteiger partial charge in [-0.2, -0.15) is 0 Å². The van der Waals surface area contributed by atoms with Crippen molar-refractivity contribution in [3.8, 4) is 0 Å². The van der Waals surface area contributed by atoms with Gasteiger partial charge in [-0.15, -0.1) is 0 Å². The summed E-state index contributed by atoms with van der Waals surface area (Å²) < 4.78 is 5.58. The zero-order valence-electron chi connectivity index (χ0n) is 9.73. The maximum absolute atomic E-state index is 11.4. The Morgan fingerprint density at radius 2 is 2.00 bits per heavy atom. The highest BCUT2D eigenvalue weighted by Gasteiger charge is 2.51. The minimum atomic E-state index is -0.224. The molecule has 3 fully saturated rings. The first kappa shape index (κ1) is 10.4. The molecule has 0 spiro atoms. The van der Waals surface area contributed by atoms with Crippen LogP contribution in [0.25, 0.3) is 0 Å². The van der Waals surface area contributed by atoms with Gasteiger partial charge in [0.15, 0.2) is 0 Å². The van der Waals surface area contributed by atoms with Gasteiger partial charge in [-0.1, -0.05) is 19.4 Å². The molecule has 2 heteroatoms. The van der Waals surface area contributed by atoms with Crippen molar-refractivity contribution in [3.63, 3.8) is 0 Å². The molecule has 5 atom stereocenters. The monoisotopic (exact) mass is 220 g/mol. The zero-order valence-corrected chi connectivity index (χ0v) is 9.73. The molecule has 16 heavy (non-hydrogen) atoms. The average Bonchev–Trinajstić information content (AvgIpc) is 2.85. The van der Waals surface area contributed by atoms with Crippen LogP contribution in [0.4, 0.5) is 0 Å². The molecule has 0 N–H and O–H groups in total. The summed E-state index contributed by atoms with van der Waals surface area (Å²) in [5.74, 6) is 2.87. The molecule has 0 amide bonds. The highest BCUT2D eigenvalue weighted by atomic mass is 16.5. The lowest BCUT2D eigenvalue weighted by Gasteiger charge is -2.38. The first-order chi connectivity index (χ1) is 7.79. The lowest BCUT2D eigenvalue weighted by Crippen LogP contribution is -2.38. The molecule has 3 aliphatic rings. The first-order valence-electron chi connectivity index (χ1n) is 6.62. The Kier molecular flexibility index (Phi) is 2.53. The lowest BCUT2D eigenvalue weighted by atomic mass is 9.72. The van der Waals surface area contributed by atoms with Crippen LogP contribution in [-0.2, 0) is 9.53 Å². The van der Waals surface area contributed by atoms with E-state index in [-0.39, 0.29) is 12.1 Å². The molecule has 0 saturated heterocycles. The van der Waals surface area contributed by atoms with Gasteiger partial charge in [-0.3, -0.25) is 0 Å². The zero-order chi connectivity index (χ0) is 11.1. The van der Waals surface area contributed by atoms with E-state index < -0.39 is 0 Å². The predicted octanol–water partition coefficient (Wildman–Crippen LogP) is 2.93. The molecule has 88 valence electrons. The van der Waals surface area contributed by atoms with Crippen molar-refractivity contribution >= 4 is 5.97 Å². The van der Waals surface area contributed by atoms with Crippen molar-refractivity contribution < 1.29 is 9.53 Å². The first-order valence-corrected chi connectivity index (χ1v) is 6.62. The second-order valence-corrected chi connectivity index (χ2v) is 5.70. The fourth-order valence-electron chi connectivity index (χ4n) is 4.47. The van der Waals surface area contributed by atoms with E-state index in [1.165, 1.54) is 44.6 Å². The van der Waals surface area contributed by atoms with Crippen molar-refractivity contribution in [3.05, 3.63) is 12.7 Å². The molecule has 3 saturated carbocycles. The van der Waals surface area contributed by atoms with Gasteiger partial charge in [0.25, 0.3) is 0 Å². The van der Waals surface area contributed by atoms with Gasteiger partial charge in [-0.25, -0.2) is 4.79 Å². The van der Waals surface area contributed by atoms with Gasteiger partial charge in [0.05, 0.1) is 0 Å². The topological polar surface area (TPSA) is 26.3 Å². The summed E-state index contributed by atoms with van der Waals surface area (Å²) in [7, 11) is 0. The minimum absolute atomic E-state index is 0.213. The Labute approximate surface area is 97.1 Å². The van der Waals surface area contributed by atoms with E-state index in [0.717, 1.165) is 11.8 Å². The van der Waals surface area contributed by atoms with E-state index in [1.54, 1.807) is 0 Å². The molecule has 3 aliphatic carbocycles. The lowest BCUT2D eigenvalue weighted by molar-refractivity contribution is -0.151.